The molecule has 1 aromatic heterocycles. The van der Waals surface area contributed by atoms with E-state index in [0.717, 1.165) is 35.9 Å². The SMILES string of the molecule is CC1CCC[N+](=c2cc(-c3ccccc3)oc3ccccc23)C1. The van der Waals surface area contributed by atoms with Crippen LogP contribution in [-0.2, 0) is 0 Å². The summed E-state index contributed by atoms with van der Waals surface area (Å²) in [6.45, 7) is 4.61. The van der Waals surface area contributed by atoms with E-state index in [2.05, 4.69) is 60.0 Å². The molecule has 23 heavy (non-hydrogen) atoms. The van der Waals surface area contributed by atoms with Crippen LogP contribution < -0.4 is 9.93 Å². The average molecular weight is 304 g/mol. The van der Waals surface area contributed by atoms with Gasteiger partial charge in [0.25, 0.3) is 0 Å². The van der Waals surface area contributed by atoms with Crippen LogP contribution in [0.4, 0.5) is 0 Å². The summed E-state index contributed by atoms with van der Waals surface area (Å²) in [6, 6.07) is 21.0. The van der Waals surface area contributed by atoms with Crippen molar-refractivity contribution in [1.82, 2.24) is 4.58 Å². The Hall–Kier alpha value is -2.35. The summed E-state index contributed by atoms with van der Waals surface area (Å²) in [5.41, 5.74) is 2.09. The number of rotatable bonds is 1. The average Bonchev–Trinajstić information content (AvgIpc) is 2.61. The number of hydrogen-bond acceptors (Lipinski definition) is 1. The van der Waals surface area contributed by atoms with Crippen molar-refractivity contribution in [2.75, 3.05) is 13.1 Å². The molecule has 1 aliphatic rings. The second-order valence-electron chi connectivity index (χ2n) is 6.55. The fraction of sp³-hybridized carbons (Fsp3) is 0.286. The molecule has 0 bridgehead atoms. The summed E-state index contributed by atoms with van der Waals surface area (Å²) < 4.78 is 8.71. The van der Waals surface area contributed by atoms with Gasteiger partial charge in [0.2, 0.25) is 5.36 Å². The van der Waals surface area contributed by atoms with E-state index in [0.29, 0.717) is 0 Å². The highest BCUT2D eigenvalue weighted by Gasteiger charge is 2.20. The quantitative estimate of drug-likeness (QED) is 0.612. The lowest BCUT2D eigenvalue weighted by Crippen LogP contribution is -2.38. The van der Waals surface area contributed by atoms with Gasteiger partial charge in [-0.1, -0.05) is 49.4 Å². The standard InChI is InChI=1S/C21H22NO/c1-16-8-7-13-22(15-16)19-14-21(17-9-3-2-4-10-17)23-20-12-6-5-11-18(19)20/h2-6,9-12,14,16H,7-8,13,15H2,1H3/q+1. The largest absolute Gasteiger partial charge is 0.456 e. The van der Waals surface area contributed by atoms with E-state index >= 15 is 0 Å². The topological polar surface area (TPSA) is 16.1 Å². The Morgan fingerprint density at radius 3 is 2.61 bits per heavy atom. The molecule has 1 saturated heterocycles. The first kappa shape index (κ1) is 14.3. The number of piperidine rings is 1. The zero-order chi connectivity index (χ0) is 15.6. The summed E-state index contributed by atoms with van der Waals surface area (Å²) in [7, 11) is 0. The fourth-order valence-electron chi connectivity index (χ4n) is 3.53. The van der Waals surface area contributed by atoms with Crippen molar-refractivity contribution in [2.24, 2.45) is 5.92 Å². The van der Waals surface area contributed by atoms with Gasteiger partial charge >= 0.3 is 0 Å². The van der Waals surface area contributed by atoms with Crippen LogP contribution in [0.25, 0.3) is 22.3 Å². The number of hydrogen-bond donors (Lipinski definition) is 0. The lowest BCUT2D eigenvalue weighted by atomic mass is 10.0. The molecule has 0 saturated carbocycles. The zero-order valence-corrected chi connectivity index (χ0v) is 13.5. The third-order valence-corrected chi connectivity index (χ3v) is 4.71. The van der Waals surface area contributed by atoms with Crippen LogP contribution in [0.3, 0.4) is 0 Å². The van der Waals surface area contributed by atoms with E-state index in [1.807, 2.05) is 12.1 Å². The van der Waals surface area contributed by atoms with E-state index in [1.165, 1.54) is 23.6 Å². The van der Waals surface area contributed by atoms with Gasteiger partial charge in [0.1, 0.15) is 24.4 Å². The monoisotopic (exact) mass is 304 g/mol. The molecule has 2 nitrogen and oxygen atoms in total. The minimum atomic E-state index is 0.750. The van der Waals surface area contributed by atoms with E-state index in [4.69, 9.17) is 4.42 Å². The molecule has 0 spiro atoms. The number of para-hydroxylation sites is 1. The predicted octanol–water partition coefficient (Wildman–Crippen LogP) is 4.30. The van der Waals surface area contributed by atoms with Crippen LogP contribution >= 0.6 is 0 Å². The van der Waals surface area contributed by atoms with E-state index in [1.54, 1.807) is 0 Å². The Balaban J connectivity index is 2.00. The summed E-state index contributed by atoms with van der Waals surface area (Å²) in [5, 5.41) is 2.51. The molecular weight excluding hydrogens is 282 g/mol. The van der Waals surface area contributed by atoms with Crippen LogP contribution in [-0.4, -0.2) is 13.1 Å². The third kappa shape index (κ3) is 2.81. The summed E-state index contributed by atoms with van der Waals surface area (Å²) in [6.07, 6.45) is 2.60. The van der Waals surface area contributed by atoms with Crippen LogP contribution in [0.1, 0.15) is 19.8 Å². The lowest BCUT2D eigenvalue weighted by molar-refractivity contribution is 0.358. The second-order valence-corrected chi connectivity index (χ2v) is 6.55. The Morgan fingerprint density at radius 2 is 1.78 bits per heavy atom. The molecule has 3 aromatic rings. The molecule has 4 rings (SSSR count). The minimum Gasteiger partial charge on any atom is -0.456 e. The first-order valence-electron chi connectivity index (χ1n) is 8.47. The van der Waals surface area contributed by atoms with Gasteiger partial charge in [-0.15, -0.1) is 0 Å². The van der Waals surface area contributed by atoms with Crippen molar-refractivity contribution in [1.29, 1.82) is 0 Å². The fourth-order valence-corrected chi connectivity index (χ4v) is 3.53. The normalized spacial score (nSPS) is 20.7. The summed E-state index contributed by atoms with van der Waals surface area (Å²) in [5.74, 6) is 1.69. The molecule has 1 atom stereocenters. The van der Waals surface area contributed by atoms with E-state index in [9.17, 15) is 0 Å². The molecule has 1 aliphatic heterocycles. The molecule has 0 radical (unpaired) electrons. The van der Waals surface area contributed by atoms with Gasteiger partial charge in [-0.3, -0.25) is 0 Å². The van der Waals surface area contributed by atoms with Crippen LogP contribution in [0, 0.1) is 5.92 Å². The first-order valence-corrected chi connectivity index (χ1v) is 8.47. The first-order chi connectivity index (χ1) is 11.3. The Kier molecular flexibility index (Phi) is 3.74. The molecule has 1 fully saturated rings. The Labute approximate surface area is 136 Å². The molecule has 2 heteroatoms. The summed E-state index contributed by atoms with van der Waals surface area (Å²) >= 11 is 0. The smallest absolute Gasteiger partial charge is 0.214 e. The Morgan fingerprint density at radius 1 is 1.00 bits per heavy atom. The van der Waals surface area contributed by atoms with Crippen LogP contribution in [0.5, 0.6) is 0 Å². The van der Waals surface area contributed by atoms with Crippen molar-refractivity contribution in [3.63, 3.8) is 0 Å². The number of nitrogens with zero attached hydrogens (tertiary/aromatic N) is 1. The summed E-state index contributed by atoms with van der Waals surface area (Å²) in [4.78, 5) is 0. The Bertz CT molecular complexity index is 892. The van der Waals surface area contributed by atoms with Crippen molar-refractivity contribution >= 4 is 11.0 Å². The van der Waals surface area contributed by atoms with Crippen LogP contribution in [0.15, 0.2) is 65.1 Å². The zero-order valence-electron chi connectivity index (χ0n) is 13.5. The lowest BCUT2D eigenvalue weighted by Gasteiger charge is -2.16. The number of benzene rings is 2. The van der Waals surface area contributed by atoms with Crippen LogP contribution in [0.2, 0.25) is 0 Å². The van der Waals surface area contributed by atoms with Crippen molar-refractivity contribution in [2.45, 2.75) is 19.8 Å². The van der Waals surface area contributed by atoms with Gasteiger partial charge < -0.3 is 4.42 Å². The van der Waals surface area contributed by atoms with Gasteiger partial charge in [0.15, 0.2) is 0 Å². The second kappa shape index (κ2) is 6.04. The molecule has 116 valence electrons. The van der Waals surface area contributed by atoms with Gasteiger partial charge in [-0.25, -0.2) is 4.58 Å². The highest BCUT2D eigenvalue weighted by Crippen LogP contribution is 2.22. The van der Waals surface area contributed by atoms with Gasteiger partial charge in [0.05, 0.1) is 11.5 Å². The molecule has 1 unspecified atom stereocenters. The van der Waals surface area contributed by atoms with E-state index in [-0.39, 0.29) is 0 Å². The highest BCUT2D eigenvalue weighted by atomic mass is 16.3. The van der Waals surface area contributed by atoms with Gasteiger partial charge in [-0.2, -0.15) is 0 Å². The molecule has 2 aromatic carbocycles. The third-order valence-electron chi connectivity index (χ3n) is 4.71. The molecular formula is C21H22NO+. The maximum absolute atomic E-state index is 6.18. The highest BCUT2D eigenvalue weighted by molar-refractivity contribution is 5.78. The maximum atomic E-state index is 6.18. The van der Waals surface area contributed by atoms with Crippen molar-refractivity contribution in [3.05, 3.63) is 66.0 Å². The molecule has 0 aliphatic carbocycles. The number of fused-ring (bicyclic) bond motifs is 1. The predicted molar refractivity (Wildman–Crippen MR) is 95.1 cm³/mol. The molecule has 2 heterocycles. The molecule has 0 amide bonds. The van der Waals surface area contributed by atoms with Crippen molar-refractivity contribution < 1.29 is 4.42 Å². The maximum Gasteiger partial charge on any atom is 0.214 e. The van der Waals surface area contributed by atoms with E-state index < -0.39 is 0 Å². The minimum absolute atomic E-state index is 0.750. The van der Waals surface area contributed by atoms with Gasteiger partial charge in [-0.05, 0) is 18.6 Å². The van der Waals surface area contributed by atoms with Crippen molar-refractivity contribution in [3.8, 4) is 11.3 Å². The molecule has 0 N–H and O–H groups in total. The van der Waals surface area contributed by atoms with Gasteiger partial charge in [0, 0.05) is 17.9 Å².